The zero-order valence-corrected chi connectivity index (χ0v) is 17.7. The Kier molecular flexibility index (Phi) is 7.10. The van der Waals surface area contributed by atoms with Crippen LogP contribution in [0.1, 0.15) is 36.5 Å². The summed E-state index contributed by atoms with van der Waals surface area (Å²) in [6.45, 7) is 1.96. The maximum atomic E-state index is 16.2. The number of halogens is 9. The van der Waals surface area contributed by atoms with Crippen LogP contribution in [0.4, 0.5) is 39.5 Å². The summed E-state index contributed by atoms with van der Waals surface area (Å²) in [5, 5.41) is 0. The number of ether oxygens (including phenoxy) is 1. The van der Waals surface area contributed by atoms with Crippen LogP contribution in [0.5, 0.6) is 5.75 Å². The van der Waals surface area contributed by atoms with E-state index in [1.807, 2.05) is 6.92 Å². The van der Waals surface area contributed by atoms with Gasteiger partial charge in [-0.3, -0.25) is 0 Å². The van der Waals surface area contributed by atoms with E-state index in [0.29, 0.717) is 12.1 Å². The maximum absolute atomic E-state index is 16.2. The van der Waals surface area contributed by atoms with Crippen LogP contribution in [0, 0.1) is 5.82 Å². The van der Waals surface area contributed by atoms with E-state index in [1.54, 1.807) is 12.1 Å². The minimum atomic E-state index is -5.96. The zero-order chi connectivity index (χ0) is 25.3. The lowest BCUT2D eigenvalue weighted by Gasteiger charge is -2.31. The van der Waals surface area contributed by atoms with Gasteiger partial charge in [-0.1, -0.05) is 49.8 Å². The quantitative estimate of drug-likeness (QED) is 0.353. The molecule has 0 heterocycles. The van der Waals surface area contributed by atoms with Gasteiger partial charge < -0.3 is 4.74 Å². The fraction of sp³-hybridized carbons (Fsp3) is 0.333. The van der Waals surface area contributed by atoms with Crippen molar-refractivity contribution in [1.82, 2.24) is 0 Å². The molecule has 3 rings (SSSR count). The Hall–Kier alpha value is -2.91. The Morgan fingerprint density at radius 2 is 1.65 bits per heavy atom. The molecule has 2 aromatic carbocycles. The number of rotatable bonds is 7. The van der Waals surface area contributed by atoms with Crippen molar-refractivity contribution in [2.45, 2.75) is 50.3 Å². The lowest BCUT2D eigenvalue weighted by atomic mass is 9.78. The molecule has 0 saturated heterocycles. The average Bonchev–Trinajstić information content (AvgIpc) is 2.75. The van der Waals surface area contributed by atoms with Gasteiger partial charge in [0.2, 0.25) is 0 Å². The third kappa shape index (κ3) is 5.10. The van der Waals surface area contributed by atoms with Gasteiger partial charge in [0.15, 0.2) is 17.2 Å². The third-order valence-corrected chi connectivity index (χ3v) is 5.30. The second-order valence-electron chi connectivity index (χ2n) is 7.79. The van der Waals surface area contributed by atoms with Crippen LogP contribution in [0.25, 0.3) is 5.57 Å². The van der Waals surface area contributed by atoms with Gasteiger partial charge in [0, 0.05) is 12.0 Å². The van der Waals surface area contributed by atoms with Crippen LogP contribution in [0.2, 0.25) is 0 Å². The minimum Gasteiger partial charge on any atom is -0.427 e. The fourth-order valence-electron chi connectivity index (χ4n) is 3.68. The van der Waals surface area contributed by atoms with Gasteiger partial charge >= 0.3 is 12.3 Å². The summed E-state index contributed by atoms with van der Waals surface area (Å²) < 4.78 is 126. The lowest BCUT2D eigenvalue weighted by molar-refractivity contribution is -0.305. The van der Waals surface area contributed by atoms with E-state index in [1.165, 1.54) is 18.2 Å². The summed E-state index contributed by atoms with van der Waals surface area (Å²) in [5.41, 5.74) is -2.43. The molecule has 1 aliphatic rings. The number of benzene rings is 2. The predicted molar refractivity (Wildman–Crippen MR) is 108 cm³/mol. The predicted octanol–water partition coefficient (Wildman–Crippen LogP) is 8.16. The smallest absolute Gasteiger partial charge is 0.427 e. The maximum Gasteiger partial charge on any atom is 0.439 e. The summed E-state index contributed by atoms with van der Waals surface area (Å²) in [4.78, 5) is 0. The van der Waals surface area contributed by atoms with Crippen molar-refractivity contribution in [3.8, 4) is 5.75 Å². The Morgan fingerprint density at radius 1 is 1.00 bits per heavy atom. The van der Waals surface area contributed by atoms with E-state index in [9.17, 15) is 35.1 Å². The molecule has 0 spiro atoms. The summed E-state index contributed by atoms with van der Waals surface area (Å²) in [6, 6.07) is 7.98. The molecule has 184 valence electrons. The first-order valence-electron chi connectivity index (χ1n) is 10.2. The van der Waals surface area contributed by atoms with Gasteiger partial charge in [0.05, 0.1) is 0 Å². The number of hydrogen-bond acceptors (Lipinski definition) is 1. The van der Waals surface area contributed by atoms with Crippen molar-refractivity contribution >= 4 is 5.57 Å². The molecule has 0 saturated carbocycles. The Morgan fingerprint density at radius 3 is 2.21 bits per heavy atom. The molecular formula is C24H19F9O. The summed E-state index contributed by atoms with van der Waals surface area (Å²) in [6.07, 6.45) is -12.6. The monoisotopic (exact) mass is 494 g/mol. The Balaban J connectivity index is 1.97. The molecule has 0 aliphatic heterocycles. The van der Waals surface area contributed by atoms with E-state index in [0.717, 1.165) is 30.5 Å². The zero-order valence-electron chi connectivity index (χ0n) is 17.7. The van der Waals surface area contributed by atoms with E-state index < -0.39 is 47.1 Å². The van der Waals surface area contributed by atoms with Crippen LogP contribution >= 0.6 is 0 Å². The first-order chi connectivity index (χ1) is 15.8. The van der Waals surface area contributed by atoms with Crippen molar-refractivity contribution in [3.63, 3.8) is 0 Å². The van der Waals surface area contributed by atoms with Gasteiger partial charge in [-0.05, 0) is 41.3 Å². The largest absolute Gasteiger partial charge is 0.439 e. The van der Waals surface area contributed by atoms with Crippen molar-refractivity contribution < 1.29 is 44.3 Å². The van der Waals surface area contributed by atoms with Gasteiger partial charge in [-0.25, -0.2) is 17.6 Å². The number of hydrogen-bond donors (Lipinski definition) is 0. The molecule has 10 heteroatoms. The van der Waals surface area contributed by atoms with Crippen LogP contribution in [0.3, 0.4) is 0 Å². The highest BCUT2D eigenvalue weighted by atomic mass is 19.4. The van der Waals surface area contributed by atoms with Crippen LogP contribution in [0.15, 0.2) is 60.4 Å². The van der Waals surface area contributed by atoms with E-state index >= 15 is 4.39 Å². The Bertz CT molecular complexity index is 1090. The molecule has 0 aromatic heterocycles. The van der Waals surface area contributed by atoms with Gasteiger partial charge in [0.1, 0.15) is 5.83 Å². The molecule has 34 heavy (non-hydrogen) atoms. The normalized spacial score (nSPS) is 19.9. The third-order valence-electron chi connectivity index (χ3n) is 5.30. The van der Waals surface area contributed by atoms with Crippen molar-refractivity contribution in [2.24, 2.45) is 0 Å². The fourth-order valence-corrected chi connectivity index (χ4v) is 3.68. The van der Waals surface area contributed by atoms with E-state index in [4.69, 9.17) is 0 Å². The average molecular weight is 494 g/mol. The topological polar surface area (TPSA) is 9.23 Å². The summed E-state index contributed by atoms with van der Waals surface area (Å²) in [5.74, 6) is -4.12. The number of alkyl halides is 7. The minimum absolute atomic E-state index is 0.0690. The SMILES string of the molecule is CCCc1ccc(C2(F)CC=CC(F)=C2c2ccc(OC(F)(F)C(F)C(F)(F)F)c(F)c2)cc1. The van der Waals surface area contributed by atoms with E-state index in [-0.39, 0.29) is 17.5 Å². The lowest BCUT2D eigenvalue weighted by Crippen LogP contribution is -2.45. The molecule has 0 fully saturated rings. The van der Waals surface area contributed by atoms with Gasteiger partial charge in [-0.15, -0.1) is 0 Å². The van der Waals surface area contributed by atoms with Crippen LogP contribution < -0.4 is 4.74 Å². The molecule has 0 amide bonds. The number of aryl methyl sites for hydroxylation is 1. The molecule has 2 aromatic rings. The van der Waals surface area contributed by atoms with Crippen molar-refractivity contribution in [3.05, 3.63) is 83.0 Å². The Labute approximate surface area is 189 Å². The molecule has 2 atom stereocenters. The highest BCUT2D eigenvalue weighted by Crippen LogP contribution is 2.48. The number of allylic oxidation sites excluding steroid dienone is 4. The molecule has 1 nitrogen and oxygen atoms in total. The highest BCUT2D eigenvalue weighted by molar-refractivity contribution is 5.78. The second kappa shape index (κ2) is 9.38. The molecule has 1 aliphatic carbocycles. The summed E-state index contributed by atoms with van der Waals surface area (Å²) >= 11 is 0. The second-order valence-corrected chi connectivity index (χ2v) is 7.79. The molecule has 0 radical (unpaired) electrons. The molecular weight excluding hydrogens is 475 g/mol. The molecule has 0 bridgehead atoms. The van der Waals surface area contributed by atoms with Crippen molar-refractivity contribution in [2.75, 3.05) is 0 Å². The van der Waals surface area contributed by atoms with Gasteiger partial charge in [0.25, 0.3) is 6.17 Å². The van der Waals surface area contributed by atoms with Gasteiger partial charge in [-0.2, -0.15) is 22.0 Å². The van der Waals surface area contributed by atoms with Crippen LogP contribution in [-0.2, 0) is 12.1 Å². The van der Waals surface area contributed by atoms with Crippen LogP contribution in [-0.4, -0.2) is 18.5 Å². The first kappa shape index (κ1) is 25.7. The summed E-state index contributed by atoms with van der Waals surface area (Å²) in [7, 11) is 0. The molecule has 0 N–H and O–H groups in total. The van der Waals surface area contributed by atoms with E-state index in [2.05, 4.69) is 4.74 Å². The standard InChI is InChI=1S/C24H19F9O/c1-2-4-14-6-9-16(10-7-14)22(28)12-3-5-17(25)20(22)15-8-11-19(18(26)13-15)34-24(32,33)21(27)23(29,30)31/h3,5-11,13,21H,2,4,12H2,1H3. The first-order valence-corrected chi connectivity index (χ1v) is 10.2. The molecule has 2 unspecified atom stereocenters. The van der Waals surface area contributed by atoms with Crippen molar-refractivity contribution in [1.29, 1.82) is 0 Å². The highest BCUT2D eigenvalue weighted by Gasteiger charge is 2.59.